The van der Waals surface area contributed by atoms with Crippen LogP contribution in [0.25, 0.3) is 0 Å². The van der Waals surface area contributed by atoms with Gasteiger partial charge in [-0.15, -0.1) is 0 Å². The van der Waals surface area contributed by atoms with Crippen LogP contribution in [0.3, 0.4) is 0 Å². The molecule has 4 nitrogen and oxygen atoms in total. The number of hydrogen-bond acceptors (Lipinski definition) is 3. The van der Waals surface area contributed by atoms with E-state index in [1.807, 2.05) is 6.07 Å². The molecule has 0 radical (unpaired) electrons. The first-order chi connectivity index (χ1) is 8.76. The summed E-state index contributed by atoms with van der Waals surface area (Å²) in [7, 11) is 1.68. The van der Waals surface area contributed by atoms with Gasteiger partial charge in [0.05, 0.1) is 5.69 Å². The van der Waals surface area contributed by atoms with Gasteiger partial charge in [0.15, 0.2) is 5.67 Å². The second-order valence-corrected chi connectivity index (χ2v) is 4.85. The molecule has 1 N–H and O–H groups in total. The fourth-order valence-corrected chi connectivity index (χ4v) is 2.54. The van der Waals surface area contributed by atoms with Crippen LogP contribution < -0.4 is 5.32 Å². The van der Waals surface area contributed by atoms with Crippen LogP contribution >= 0.6 is 0 Å². The second-order valence-electron chi connectivity index (χ2n) is 4.85. The number of hydrogen-bond donors (Lipinski definition) is 1. The van der Waals surface area contributed by atoms with Gasteiger partial charge in [-0.05, 0) is 44.8 Å². The van der Waals surface area contributed by atoms with Gasteiger partial charge in [-0.3, -0.25) is 4.68 Å². The molecule has 0 aromatic carbocycles. The largest absolute Gasteiger partial charge is 0.385 e. The van der Waals surface area contributed by atoms with Crippen molar-refractivity contribution in [1.29, 1.82) is 0 Å². The van der Waals surface area contributed by atoms with E-state index in [4.69, 9.17) is 4.74 Å². The van der Waals surface area contributed by atoms with E-state index < -0.39 is 5.67 Å². The van der Waals surface area contributed by atoms with Crippen LogP contribution in [-0.4, -0.2) is 36.6 Å². The van der Waals surface area contributed by atoms with Gasteiger partial charge in [-0.25, -0.2) is 4.39 Å². The molecule has 1 aliphatic heterocycles. The maximum absolute atomic E-state index is 15.0. The Morgan fingerprint density at radius 3 is 3.22 bits per heavy atom. The van der Waals surface area contributed by atoms with Crippen molar-refractivity contribution in [2.24, 2.45) is 0 Å². The minimum atomic E-state index is -1.23. The first kappa shape index (κ1) is 13.5. The molecule has 2 heterocycles. The Morgan fingerprint density at radius 2 is 2.39 bits per heavy atom. The molecule has 5 heteroatoms. The standard InChI is InChI=1S/C13H22FN3O/c1-18-11-3-10-17-12(4-8-16-17)13(14)5-2-7-15-9-6-13/h4,8,15H,2-3,5-7,9-11H2,1H3. The van der Waals surface area contributed by atoms with Gasteiger partial charge in [-0.2, -0.15) is 5.10 Å². The van der Waals surface area contributed by atoms with E-state index in [1.165, 1.54) is 0 Å². The van der Waals surface area contributed by atoms with Gasteiger partial charge in [0, 0.05) is 26.5 Å². The third kappa shape index (κ3) is 3.09. The van der Waals surface area contributed by atoms with Crippen LogP contribution in [0.15, 0.2) is 12.3 Å². The Morgan fingerprint density at radius 1 is 1.50 bits per heavy atom. The molecule has 0 bridgehead atoms. The molecule has 2 rings (SSSR count). The smallest absolute Gasteiger partial charge is 0.153 e. The van der Waals surface area contributed by atoms with Crippen molar-refractivity contribution in [3.05, 3.63) is 18.0 Å². The summed E-state index contributed by atoms with van der Waals surface area (Å²) in [5.74, 6) is 0. The summed E-state index contributed by atoms with van der Waals surface area (Å²) in [5.41, 5.74) is -0.505. The lowest BCUT2D eigenvalue weighted by atomic mass is 9.93. The normalized spacial score (nSPS) is 25.0. The van der Waals surface area contributed by atoms with Crippen molar-refractivity contribution in [3.63, 3.8) is 0 Å². The summed E-state index contributed by atoms with van der Waals surface area (Å²) in [5, 5.41) is 7.49. The zero-order chi connectivity index (χ0) is 12.8. The highest BCUT2D eigenvalue weighted by molar-refractivity contribution is 5.13. The fourth-order valence-electron chi connectivity index (χ4n) is 2.54. The molecular formula is C13H22FN3O. The quantitative estimate of drug-likeness (QED) is 0.816. The molecule has 1 aromatic rings. The third-order valence-corrected chi connectivity index (χ3v) is 3.52. The van der Waals surface area contributed by atoms with E-state index in [0.29, 0.717) is 19.4 Å². The Labute approximate surface area is 108 Å². The zero-order valence-electron chi connectivity index (χ0n) is 11.0. The maximum Gasteiger partial charge on any atom is 0.153 e. The lowest BCUT2D eigenvalue weighted by molar-refractivity contribution is 0.128. The van der Waals surface area contributed by atoms with Crippen LogP contribution in [0.2, 0.25) is 0 Å². The number of nitrogens with zero attached hydrogens (tertiary/aromatic N) is 2. The molecule has 102 valence electrons. The third-order valence-electron chi connectivity index (χ3n) is 3.52. The topological polar surface area (TPSA) is 39.1 Å². The molecule has 1 aliphatic rings. The zero-order valence-corrected chi connectivity index (χ0v) is 11.0. The summed E-state index contributed by atoms with van der Waals surface area (Å²) in [6, 6.07) is 1.82. The van der Waals surface area contributed by atoms with Gasteiger partial charge < -0.3 is 10.1 Å². The highest BCUT2D eigenvalue weighted by Gasteiger charge is 2.35. The van der Waals surface area contributed by atoms with Crippen LogP contribution in [0.1, 0.15) is 31.4 Å². The van der Waals surface area contributed by atoms with Crippen molar-refractivity contribution in [1.82, 2.24) is 15.1 Å². The first-order valence-corrected chi connectivity index (χ1v) is 6.67. The summed E-state index contributed by atoms with van der Waals surface area (Å²) >= 11 is 0. The average molecular weight is 255 g/mol. The number of ether oxygens (including phenoxy) is 1. The van der Waals surface area contributed by atoms with Crippen LogP contribution in [0.5, 0.6) is 0 Å². The molecule has 1 aromatic heterocycles. The number of alkyl halides is 1. The van der Waals surface area contributed by atoms with Crippen molar-refractivity contribution < 1.29 is 9.13 Å². The maximum atomic E-state index is 15.0. The van der Waals surface area contributed by atoms with Crippen LogP contribution in [0.4, 0.5) is 4.39 Å². The lowest BCUT2D eigenvalue weighted by Crippen LogP contribution is -2.26. The SMILES string of the molecule is COCCCn1nccc1C1(F)CCCNCC1. The van der Waals surface area contributed by atoms with Crippen molar-refractivity contribution >= 4 is 0 Å². The first-order valence-electron chi connectivity index (χ1n) is 6.67. The highest BCUT2D eigenvalue weighted by Crippen LogP contribution is 2.35. The minimum absolute atomic E-state index is 0.531. The van der Waals surface area contributed by atoms with E-state index >= 15 is 4.39 Å². The number of halogens is 1. The van der Waals surface area contributed by atoms with E-state index in [-0.39, 0.29) is 0 Å². The second kappa shape index (κ2) is 6.29. The number of aromatic nitrogens is 2. The summed E-state index contributed by atoms with van der Waals surface area (Å²) in [4.78, 5) is 0. The lowest BCUT2D eigenvalue weighted by Gasteiger charge is -2.24. The summed E-state index contributed by atoms with van der Waals surface area (Å²) in [6.07, 6.45) is 4.54. The summed E-state index contributed by atoms with van der Waals surface area (Å²) < 4.78 is 21.9. The molecule has 0 saturated carbocycles. The van der Waals surface area contributed by atoms with Crippen molar-refractivity contribution in [2.75, 3.05) is 26.8 Å². The highest BCUT2D eigenvalue weighted by atomic mass is 19.1. The number of rotatable bonds is 5. The Bertz CT molecular complexity index is 359. The monoisotopic (exact) mass is 255 g/mol. The number of methoxy groups -OCH3 is 1. The van der Waals surface area contributed by atoms with Gasteiger partial charge >= 0.3 is 0 Å². The molecule has 0 amide bonds. The molecule has 18 heavy (non-hydrogen) atoms. The molecule has 0 spiro atoms. The molecule has 0 aliphatic carbocycles. The predicted octanol–water partition coefficient (Wildman–Crippen LogP) is 1.86. The predicted molar refractivity (Wildman–Crippen MR) is 68.2 cm³/mol. The van der Waals surface area contributed by atoms with Crippen LogP contribution in [0, 0.1) is 0 Å². The van der Waals surface area contributed by atoms with Gasteiger partial charge in [0.2, 0.25) is 0 Å². The van der Waals surface area contributed by atoms with Crippen molar-refractivity contribution in [3.8, 4) is 0 Å². The Balaban J connectivity index is 2.08. The van der Waals surface area contributed by atoms with E-state index in [1.54, 1.807) is 18.0 Å². The van der Waals surface area contributed by atoms with Crippen LogP contribution in [-0.2, 0) is 17.0 Å². The molecular weight excluding hydrogens is 233 g/mol. The number of aryl methyl sites for hydroxylation is 1. The Kier molecular flexibility index (Phi) is 4.72. The molecule has 1 fully saturated rings. The molecule has 1 saturated heterocycles. The van der Waals surface area contributed by atoms with E-state index in [0.717, 1.165) is 38.2 Å². The minimum Gasteiger partial charge on any atom is -0.385 e. The Hall–Kier alpha value is -0.940. The van der Waals surface area contributed by atoms with Gasteiger partial charge in [0.1, 0.15) is 0 Å². The van der Waals surface area contributed by atoms with Gasteiger partial charge in [-0.1, -0.05) is 0 Å². The summed E-state index contributed by atoms with van der Waals surface area (Å²) in [6.45, 7) is 3.04. The number of nitrogens with one attached hydrogen (secondary N) is 1. The average Bonchev–Trinajstić information content (AvgIpc) is 2.73. The fraction of sp³-hybridized carbons (Fsp3) is 0.769. The van der Waals surface area contributed by atoms with E-state index in [9.17, 15) is 0 Å². The van der Waals surface area contributed by atoms with Crippen molar-refractivity contribution in [2.45, 2.75) is 37.9 Å². The molecule has 1 unspecified atom stereocenters. The van der Waals surface area contributed by atoms with E-state index in [2.05, 4.69) is 10.4 Å². The van der Waals surface area contributed by atoms with Gasteiger partial charge in [0.25, 0.3) is 0 Å². The molecule has 1 atom stereocenters.